The molecule has 6 nitrogen and oxygen atoms in total. The number of carbonyl (C=O) groups excluding carboxylic acids is 1. The molecule has 1 amide bonds. The van der Waals surface area contributed by atoms with Gasteiger partial charge in [0.2, 0.25) is 5.91 Å². The summed E-state index contributed by atoms with van der Waals surface area (Å²) in [5.74, 6) is 0.0322. The van der Waals surface area contributed by atoms with Gasteiger partial charge in [0.15, 0.2) is 0 Å². The molecule has 7 heteroatoms. The molecule has 0 bridgehead atoms. The zero-order valence-electron chi connectivity index (χ0n) is 12.1. The predicted octanol–water partition coefficient (Wildman–Crippen LogP) is 2.07. The summed E-state index contributed by atoms with van der Waals surface area (Å²) in [6.07, 6.45) is 2.35. The fourth-order valence-corrected chi connectivity index (χ4v) is 3.50. The lowest BCUT2D eigenvalue weighted by atomic mass is 10.2. The van der Waals surface area contributed by atoms with Crippen molar-refractivity contribution in [3.8, 4) is 6.07 Å². The number of para-hydroxylation sites is 1. The number of nitrogens with zero attached hydrogens (tertiary/aromatic N) is 5. The lowest BCUT2D eigenvalue weighted by molar-refractivity contribution is -0.119. The van der Waals surface area contributed by atoms with Gasteiger partial charge in [0.05, 0.1) is 5.69 Å². The smallest absolute Gasteiger partial charge is 0.252 e. The Bertz CT molecular complexity index is 736. The molecule has 0 N–H and O–H groups in total. The fraction of sp³-hybridized carbons (Fsp3) is 0.333. The number of carbonyl (C=O) groups is 1. The summed E-state index contributed by atoms with van der Waals surface area (Å²) in [5.41, 5.74) is 0.947. The maximum absolute atomic E-state index is 12.6. The summed E-state index contributed by atoms with van der Waals surface area (Å²) in [5, 5.41) is 13.2. The van der Waals surface area contributed by atoms with Crippen LogP contribution in [0.3, 0.4) is 0 Å². The Morgan fingerprint density at radius 2 is 2.32 bits per heavy atom. The molecule has 22 heavy (non-hydrogen) atoms. The average Bonchev–Trinajstić information content (AvgIpc) is 2.89. The highest BCUT2D eigenvalue weighted by Gasteiger charge is 2.24. The molecule has 0 spiro atoms. The van der Waals surface area contributed by atoms with E-state index in [9.17, 15) is 4.79 Å². The van der Waals surface area contributed by atoms with Gasteiger partial charge in [0, 0.05) is 16.7 Å². The van der Waals surface area contributed by atoms with Crippen molar-refractivity contribution in [1.29, 1.82) is 5.26 Å². The minimum absolute atomic E-state index is 0.0449. The molecule has 1 aliphatic rings. The summed E-state index contributed by atoms with van der Waals surface area (Å²) < 4.78 is 1.41. The molecular weight excluding hydrogens is 298 g/mol. The monoisotopic (exact) mass is 313 g/mol. The van der Waals surface area contributed by atoms with Gasteiger partial charge in [0.25, 0.3) is 5.82 Å². The predicted molar refractivity (Wildman–Crippen MR) is 83.5 cm³/mol. The Labute approximate surface area is 132 Å². The Kier molecular flexibility index (Phi) is 4.11. The van der Waals surface area contributed by atoms with Crippen molar-refractivity contribution in [1.82, 2.24) is 14.8 Å². The molecule has 0 saturated carbocycles. The van der Waals surface area contributed by atoms with Crippen molar-refractivity contribution < 1.29 is 4.79 Å². The number of hydrogen-bond donors (Lipinski definition) is 0. The van der Waals surface area contributed by atoms with Gasteiger partial charge in [-0.1, -0.05) is 19.1 Å². The topological polar surface area (TPSA) is 74.8 Å². The molecule has 2 aromatic rings. The second-order valence-electron chi connectivity index (χ2n) is 5.11. The van der Waals surface area contributed by atoms with Gasteiger partial charge in [-0.15, -0.1) is 16.9 Å². The molecule has 0 unspecified atom stereocenters. The summed E-state index contributed by atoms with van der Waals surface area (Å²) in [6, 6.07) is 9.81. The standard InChI is InChI=1S/C15H15N5OS/c1-11-6-7-20(12-4-2-3-5-13(12)22-11)15(21)9-19-10-17-14(8-16)18-19/h2-5,10-11H,6-7,9H2,1H3/t11-/m1/s1. The third-order valence-electron chi connectivity index (χ3n) is 3.48. The molecule has 0 saturated heterocycles. The number of amides is 1. The average molecular weight is 313 g/mol. The van der Waals surface area contributed by atoms with Crippen molar-refractivity contribution in [3.63, 3.8) is 0 Å². The van der Waals surface area contributed by atoms with Crippen molar-refractivity contribution in [2.24, 2.45) is 0 Å². The molecule has 1 aromatic heterocycles. The van der Waals surface area contributed by atoms with Crippen LogP contribution in [0.1, 0.15) is 19.2 Å². The van der Waals surface area contributed by atoms with E-state index in [-0.39, 0.29) is 18.3 Å². The number of fused-ring (bicyclic) bond motifs is 1. The fourth-order valence-electron chi connectivity index (χ4n) is 2.39. The highest BCUT2D eigenvalue weighted by atomic mass is 32.2. The molecular formula is C15H15N5OS. The van der Waals surface area contributed by atoms with Gasteiger partial charge < -0.3 is 4.90 Å². The van der Waals surface area contributed by atoms with Crippen LogP contribution in [0, 0.1) is 11.3 Å². The molecule has 2 heterocycles. The van der Waals surface area contributed by atoms with E-state index in [2.05, 4.69) is 17.0 Å². The van der Waals surface area contributed by atoms with Crippen LogP contribution in [0.25, 0.3) is 0 Å². The van der Waals surface area contributed by atoms with Crippen LogP contribution in [0.2, 0.25) is 0 Å². The normalized spacial score (nSPS) is 17.5. The maximum Gasteiger partial charge on any atom is 0.252 e. The third-order valence-corrected chi connectivity index (χ3v) is 4.72. The van der Waals surface area contributed by atoms with E-state index in [4.69, 9.17) is 5.26 Å². The SMILES string of the molecule is C[C@@H]1CCN(C(=O)Cn2cnc(C#N)n2)c2ccccc2S1. The van der Waals surface area contributed by atoms with E-state index in [0.717, 1.165) is 17.0 Å². The van der Waals surface area contributed by atoms with E-state index >= 15 is 0 Å². The first kappa shape index (κ1) is 14.6. The van der Waals surface area contributed by atoms with E-state index in [1.54, 1.807) is 16.7 Å². The van der Waals surface area contributed by atoms with Crippen molar-refractivity contribution in [2.45, 2.75) is 30.0 Å². The molecule has 3 rings (SSSR count). The van der Waals surface area contributed by atoms with E-state index in [1.807, 2.05) is 30.3 Å². The highest BCUT2D eigenvalue weighted by Crippen LogP contribution is 2.37. The van der Waals surface area contributed by atoms with Crippen LogP contribution in [-0.4, -0.2) is 32.5 Å². The van der Waals surface area contributed by atoms with Crippen LogP contribution in [0.15, 0.2) is 35.5 Å². The second-order valence-corrected chi connectivity index (χ2v) is 6.59. The molecule has 0 radical (unpaired) electrons. The molecule has 1 aromatic carbocycles. The van der Waals surface area contributed by atoms with Crippen molar-refractivity contribution >= 4 is 23.4 Å². The van der Waals surface area contributed by atoms with E-state index in [0.29, 0.717) is 11.8 Å². The Hall–Kier alpha value is -2.33. The summed E-state index contributed by atoms with van der Waals surface area (Å²) in [6.45, 7) is 2.94. The molecule has 0 fully saturated rings. The third kappa shape index (κ3) is 2.97. The van der Waals surface area contributed by atoms with Crippen LogP contribution < -0.4 is 4.90 Å². The minimum atomic E-state index is -0.0449. The Morgan fingerprint density at radius 3 is 3.09 bits per heavy atom. The summed E-state index contributed by atoms with van der Waals surface area (Å²) in [7, 11) is 0. The first-order valence-electron chi connectivity index (χ1n) is 7.03. The quantitative estimate of drug-likeness (QED) is 0.848. The second kappa shape index (κ2) is 6.20. The largest absolute Gasteiger partial charge is 0.310 e. The summed E-state index contributed by atoms with van der Waals surface area (Å²) >= 11 is 1.80. The van der Waals surface area contributed by atoms with Crippen LogP contribution in [0.4, 0.5) is 5.69 Å². The Morgan fingerprint density at radius 1 is 1.50 bits per heavy atom. The van der Waals surface area contributed by atoms with Gasteiger partial charge in [-0.3, -0.25) is 4.79 Å². The molecule has 1 aliphatic heterocycles. The minimum Gasteiger partial charge on any atom is -0.310 e. The lowest BCUT2D eigenvalue weighted by Crippen LogP contribution is -2.35. The maximum atomic E-state index is 12.6. The van der Waals surface area contributed by atoms with Crippen LogP contribution in [-0.2, 0) is 11.3 Å². The zero-order chi connectivity index (χ0) is 15.5. The van der Waals surface area contributed by atoms with Crippen molar-refractivity contribution in [3.05, 3.63) is 36.4 Å². The summed E-state index contributed by atoms with van der Waals surface area (Å²) in [4.78, 5) is 19.4. The number of nitriles is 1. The number of hydrogen-bond acceptors (Lipinski definition) is 5. The first-order valence-corrected chi connectivity index (χ1v) is 7.91. The van der Waals surface area contributed by atoms with E-state index in [1.165, 1.54) is 11.0 Å². The molecule has 0 aliphatic carbocycles. The van der Waals surface area contributed by atoms with Gasteiger partial charge in [-0.05, 0) is 18.6 Å². The lowest BCUT2D eigenvalue weighted by Gasteiger charge is -2.22. The zero-order valence-corrected chi connectivity index (χ0v) is 13.0. The van der Waals surface area contributed by atoms with Crippen LogP contribution >= 0.6 is 11.8 Å². The number of benzene rings is 1. The first-order chi connectivity index (χ1) is 10.7. The van der Waals surface area contributed by atoms with Gasteiger partial charge in [-0.25, -0.2) is 9.67 Å². The van der Waals surface area contributed by atoms with E-state index < -0.39 is 0 Å². The van der Waals surface area contributed by atoms with Gasteiger partial charge in [-0.2, -0.15) is 5.26 Å². The number of rotatable bonds is 2. The van der Waals surface area contributed by atoms with Crippen molar-refractivity contribution in [2.75, 3.05) is 11.4 Å². The number of aromatic nitrogens is 3. The van der Waals surface area contributed by atoms with Gasteiger partial charge >= 0.3 is 0 Å². The Balaban J connectivity index is 1.84. The number of anilines is 1. The van der Waals surface area contributed by atoms with Crippen LogP contribution in [0.5, 0.6) is 0 Å². The molecule has 1 atom stereocenters. The molecule has 112 valence electrons. The number of thioether (sulfide) groups is 1. The highest BCUT2D eigenvalue weighted by molar-refractivity contribution is 8.00. The van der Waals surface area contributed by atoms with Gasteiger partial charge in [0.1, 0.15) is 18.9 Å².